The van der Waals surface area contributed by atoms with Crippen LogP contribution in [0.1, 0.15) is 24.3 Å². The maximum atomic E-state index is 13.8. The molecule has 2 aliphatic heterocycles. The predicted molar refractivity (Wildman–Crippen MR) is 145 cm³/mol. The monoisotopic (exact) mass is 575 g/mol. The van der Waals surface area contributed by atoms with Crippen LogP contribution in [-0.2, 0) is 33.2 Å². The van der Waals surface area contributed by atoms with Crippen molar-refractivity contribution in [3.63, 3.8) is 0 Å². The Kier molecular flexibility index (Phi) is 8.75. The second-order valence-electron chi connectivity index (χ2n) is 11.6. The molecule has 1 saturated carbocycles. The molecule has 11 nitrogen and oxygen atoms in total. The molecule has 41 heavy (non-hydrogen) atoms. The first-order chi connectivity index (χ1) is 19.7. The van der Waals surface area contributed by atoms with Gasteiger partial charge in [-0.15, -0.1) is 0 Å². The molecule has 12 atom stereocenters. The number of nitrogens with one attached hydrogen (secondary N) is 1. The Morgan fingerprint density at radius 3 is 2.59 bits per heavy atom. The summed E-state index contributed by atoms with van der Waals surface area (Å²) in [5.41, 5.74) is -0.0284. The highest BCUT2D eigenvalue weighted by Crippen LogP contribution is 2.62. The van der Waals surface area contributed by atoms with Crippen LogP contribution in [0.25, 0.3) is 0 Å². The normalized spacial score (nSPS) is 40.5. The van der Waals surface area contributed by atoms with Crippen molar-refractivity contribution in [1.29, 1.82) is 0 Å². The molecule has 2 aliphatic carbocycles. The second kappa shape index (κ2) is 12.0. The molecule has 0 radical (unpaired) electrons. The summed E-state index contributed by atoms with van der Waals surface area (Å²) in [6.07, 6.45) is 3.19. The summed E-state index contributed by atoms with van der Waals surface area (Å²) >= 11 is 0. The fourth-order valence-corrected chi connectivity index (χ4v) is 7.64. The topological polar surface area (TPSA) is 146 Å². The van der Waals surface area contributed by atoms with E-state index in [9.17, 15) is 19.8 Å². The van der Waals surface area contributed by atoms with Gasteiger partial charge in [0.2, 0.25) is 0 Å². The third-order valence-electron chi connectivity index (χ3n) is 9.33. The highest BCUT2D eigenvalue weighted by Gasteiger charge is 2.71. The highest BCUT2D eigenvalue weighted by molar-refractivity contribution is 5.87. The molecule has 11 heteroatoms. The third-order valence-corrected chi connectivity index (χ3v) is 9.33. The van der Waals surface area contributed by atoms with Crippen LogP contribution in [-0.4, -0.2) is 104 Å². The van der Waals surface area contributed by atoms with Crippen molar-refractivity contribution < 1.29 is 48.2 Å². The summed E-state index contributed by atoms with van der Waals surface area (Å²) in [7, 11) is 4.53. The zero-order valence-electron chi connectivity index (χ0n) is 24.1. The van der Waals surface area contributed by atoms with Crippen LogP contribution in [0, 0.1) is 35.5 Å². The quantitative estimate of drug-likeness (QED) is 0.293. The van der Waals surface area contributed by atoms with Crippen molar-refractivity contribution in [1.82, 2.24) is 4.98 Å². The Morgan fingerprint density at radius 2 is 1.93 bits per heavy atom. The van der Waals surface area contributed by atoms with E-state index in [2.05, 4.69) is 4.98 Å². The van der Waals surface area contributed by atoms with Gasteiger partial charge in [-0.05, 0) is 24.6 Å². The molecular formula is C30H41NO10. The molecule has 2 fully saturated rings. The molecule has 1 saturated heterocycles. The SMILES string of the molecule is COCC(O)C1OC(=O)C(COC)C2C=CC3C4OC2(C(C)=CC1C)C3C(O)C(COC)C4OC(=O)c1ccc[nH]1. The van der Waals surface area contributed by atoms with Gasteiger partial charge in [0.1, 0.15) is 35.7 Å². The van der Waals surface area contributed by atoms with Gasteiger partial charge < -0.3 is 43.6 Å². The van der Waals surface area contributed by atoms with Gasteiger partial charge in [0.15, 0.2) is 0 Å². The maximum Gasteiger partial charge on any atom is 0.355 e. The van der Waals surface area contributed by atoms with Gasteiger partial charge in [-0.2, -0.15) is 0 Å². The molecule has 3 heterocycles. The molecule has 1 aromatic heterocycles. The van der Waals surface area contributed by atoms with E-state index in [1.807, 2.05) is 32.1 Å². The zero-order chi connectivity index (χ0) is 29.5. The number of ether oxygens (including phenoxy) is 6. The van der Waals surface area contributed by atoms with Gasteiger partial charge in [0.25, 0.3) is 0 Å². The van der Waals surface area contributed by atoms with Crippen LogP contribution >= 0.6 is 0 Å². The van der Waals surface area contributed by atoms with Crippen molar-refractivity contribution in [2.75, 3.05) is 41.2 Å². The summed E-state index contributed by atoms with van der Waals surface area (Å²) in [6.45, 7) is 3.97. The van der Waals surface area contributed by atoms with Crippen molar-refractivity contribution in [3.05, 3.63) is 47.8 Å². The number of carbonyl (C=O) groups excluding carboxylic acids is 2. The third kappa shape index (κ3) is 4.96. The Labute approximate surface area is 239 Å². The van der Waals surface area contributed by atoms with E-state index in [1.54, 1.807) is 25.4 Å². The second-order valence-corrected chi connectivity index (χ2v) is 11.6. The summed E-state index contributed by atoms with van der Waals surface area (Å²) < 4.78 is 35.2. The molecule has 5 rings (SSSR count). The van der Waals surface area contributed by atoms with Crippen molar-refractivity contribution in [2.45, 2.75) is 50.0 Å². The van der Waals surface area contributed by atoms with Gasteiger partial charge in [-0.3, -0.25) is 4.79 Å². The fraction of sp³-hybridized carbons (Fsp3) is 0.667. The molecule has 4 bridgehead atoms. The molecule has 4 aliphatic rings. The first kappa shape index (κ1) is 29.9. The summed E-state index contributed by atoms with van der Waals surface area (Å²) in [5.74, 6) is -4.16. The fourth-order valence-electron chi connectivity index (χ4n) is 7.64. The molecule has 12 unspecified atom stereocenters. The predicted octanol–water partition coefficient (Wildman–Crippen LogP) is 1.51. The average molecular weight is 576 g/mol. The van der Waals surface area contributed by atoms with Crippen LogP contribution in [0.15, 0.2) is 42.1 Å². The van der Waals surface area contributed by atoms with Gasteiger partial charge in [-0.1, -0.05) is 25.2 Å². The van der Waals surface area contributed by atoms with Crippen LogP contribution in [0.2, 0.25) is 0 Å². The zero-order valence-corrected chi connectivity index (χ0v) is 24.1. The lowest BCUT2D eigenvalue weighted by atomic mass is 9.56. The first-order valence-electron chi connectivity index (χ1n) is 14.1. The molecule has 1 aromatic rings. The minimum atomic E-state index is -1.12. The van der Waals surface area contributed by atoms with Crippen LogP contribution in [0.5, 0.6) is 0 Å². The number of hydrogen-bond acceptors (Lipinski definition) is 10. The minimum Gasteiger partial charge on any atom is -0.459 e. The van der Waals surface area contributed by atoms with Crippen LogP contribution in [0.4, 0.5) is 0 Å². The van der Waals surface area contributed by atoms with Crippen molar-refractivity contribution >= 4 is 11.9 Å². The number of aromatic amines is 1. The summed E-state index contributed by atoms with van der Waals surface area (Å²) in [6, 6.07) is 3.33. The lowest BCUT2D eigenvalue weighted by Gasteiger charge is -2.49. The van der Waals surface area contributed by atoms with Gasteiger partial charge in [-0.25, -0.2) is 4.79 Å². The van der Waals surface area contributed by atoms with E-state index in [4.69, 9.17) is 28.4 Å². The van der Waals surface area contributed by atoms with Crippen LogP contribution in [0.3, 0.4) is 0 Å². The van der Waals surface area contributed by atoms with Crippen LogP contribution < -0.4 is 0 Å². The number of hydrogen-bond donors (Lipinski definition) is 3. The minimum absolute atomic E-state index is 0.00681. The standard InChI is InChI=1S/C30H41NO10/c1-15-11-16(2)30-20(18(12-36-3)28(34)39-25(15)22(32)14-38-5)9-8-17-23(30)24(33)19(13-37-4)26(27(17)41-30)40-29(35)21-7-6-10-31-21/h6-11,15,17-20,22-27,31-33H,12-14H2,1-5H3. The number of methoxy groups -OCH3 is 3. The molecule has 1 spiro atoms. The number of aliphatic hydroxyl groups is 2. The number of carbonyl (C=O) groups is 2. The number of cyclic esters (lactones) is 1. The van der Waals surface area contributed by atoms with E-state index >= 15 is 0 Å². The Bertz CT molecular complexity index is 1150. The number of aromatic nitrogens is 1. The highest BCUT2D eigenvalue weighted by atomic mass is 16.6. The van der Waals surface area contributed by atoms with Gasteiger partial charge in [0.05, 0.1) is 31.8 Å². The largest absolute Gasteiger partial charge is 0.459 e. The Hall–Kier alpha value is -2.54. The summed E-state index contributed by atoms with van der Waals surface area (Å²) in [4.78, 5) is 29.7. The van der Waals surface area contributed by atoms with Gasteiger partial charge in [0, 0.05) is 57.1 Å². The first-order valence-corrected chi connectivity index (χ1v) is 14.1. The Balaban J connectivity index is 1.61. The lowest BCUT2D eigenvalue weighted by molar-refractivity contribution is -0.173. The maximum absolute atomic E-state index is 13.8. The van der Waals surface area contributed by atoms with E-state index in [1.165, 1.54) is 14.2 Å². The van der Waals surface area contributed by atoms with E-state index in [-0.39, 0.29) is 25.7 Å². The molecule has 0 amide bonds. The Morgan fingerprint density at radius 1 is 1.17 bits per heavy atom. The van der Waals surface area contributed by atoms with Crippen molar-refractivity contribution in [2.24, 2.45) is 35.5 Å². The molecule has 226 valence electrons. The number of esters is 2. The van der Waals surface area contributed by atoms with E-state index in [0.717, 1.165) is 5.57 Å². The summed E-state index contributed by atoms with van der Waals surface area (Å²) in [5, 5.41) is 22.9. The van der Waals surface area contributed by atoms with Crippen molar-refractivity contribution in [3.8, 4) is 0 Å². The smallest absolute Gasteiger partial charge is 0.355 e. The van der Waals surface area contributed by atoms with Gasteiger partial charge >= 0.3 is 11.9 Å². The average Bonchev–Trinajstić information content (AvgIpc) is 3.54. The lowest BCUT2D eigenvalue weighted by Crippen LogP contribution is -2.59. The molecular weight excluding hydrogens is 534 g/mol. The number of rotatable bonds is 9. The molecule has 0 aromatic carbocycles. The van der Waals surface area contributed by atoms with E-state index < -0.39 is 77.6 Å². The number of aliphatic hydroxyl groups excluding tert-OH is 2. The van der Waals surface area contributed by atoms with E-state index in [0.29, 0.717) is 5.69 Å². The number of H-pyrrole nitrogens is 1. The molecule has 3 N–H and O–H groups in total.